The van der Waals surface area contributed by atoms with Crippen molar-refractivity contribution in [2.45, 2.75) is 26.5 Å². The van der Waals surface area contributed by atoms with E-state index in [9.17, 15) is 4.21 Å². The van der Waals surface area contributed by atoms with Crippen molar-refractivity contribution < 1.29 is 4.21 Å². The fourth-order valence-electron chi connectivity index (χ4n) is 1.34. The van der Waals surface area contributed by atoms with Crippen molar-refractivity contribution in [3.63, 3.8) is 0 Å². The number of aryl methyl sites for hydroxylation is 2. The quantitative estimate of drug-likeness (QED) is 0.715. The van der Waals surface area contributed by atoms with Crippen molar-refractivity contribution in [3.8, 4) is 0 Å². The number of hydrogen-bond acceptors (Lipinski definition) is 1. The van der Waals surface area contributed by atoms with Crippen LogP contribution in [-0.2, 0) is 16.6 Å². The lowest BCUT2D eigenvalue weighted by Crippen LogP contribution is -1.99. The number of hydrogen-bond donors (Lipinski definition) is 0. The summed E-state index contributed by atoms with van der Waals surface area (Å²) in [4.78, 5) is 0. The Kier molecular flexibility index (Phi) is 4.76. The molecule has 82 valence electrons. The molecule has 0 spiro atoms. The third kappa shape index (κ3) is 4.00. The highest BCUT2D eigenvalue weighted by Gasteiger charge is 2.01. The minimum atomic E-state index is -0.773. The Morgan fingerprint density at radius 1 is 1.27 bits per heavy atom. The van der Waals surface area contributed by atoms with Crippen molar-refractivity contribution in [3.05, 3.63) is 47.0 Å². The predicted octanol–water partition coefficient (Wildman–Crippen LogP) is 3.13. The van der Waals surface area contributed by atoms with Crippen LogP contribution in [-0.4, -0.2) is 9.96 Å². The van der Waals surface area contributed by atoms with Gasteiger partial charge in [-0.15, -0.1) is 0 Å². The van der Waals surface area contributed by atoms with Crippen molar-refractivity contribution in [2.75, 3.05) is 5.75 Å². The normalized spacial score (nSPS) is 13.3. The minimum absolute atomic E-state index is 0.656. The molecule has 0 aliphatic heterocycles. The highest BCUT2D eigenvalue weighted by atomic mass is 32.2. The maximum atomic E-state index is 11.6. The molecule has 0 saturated carbocycles. The van der Waals surface area contributed by atoms with Crippen molar-refractivity contribution in [1.29, 1.82) is 0 Å². The largest absolute Gasteiger partial charge is 0.259 e. The number of rotatable bonds is 4. The molecule has 1 atom stereocenters. The van der Waals surface area contributed by atoms with Crippen molar-refractivity contribution in [2.24, 2.45) is 0 Å². The van der Waals surface area contributed by atoms with Gasteiger partial charge in [-0.3, -0.25) is 4.21 Å². The summed E-state index contributed by atoms with van der Waals surface area (Å²) in [5.74, 6) is 1.31. The highest BCUT2D eigenvalue weighted by molar-refractivity contribution is 7.84. The molecule has 0 N–H and O–H groups in total. The molecule has 1 aromatic carbocycles. The molecular weight excluding hydrogens is 204 g/mol. The molecule has 15 heavy (non-hydrogen) atoms. The lowest BCUT2D eigenvalue weighted by molar-refractivity contribution is 0.684. The van der Waals surface area contributed by atoms with Gasteiger partial charge in [-0.05, 0) is 37.5 Å². The molecule has 0 fully saturated rings. The van der Waals surface area contributed by atoms with Crippen LogP contribution in [0, 0.1) is 13.8 Å². The van der Waals surface area contributed by atoms with Gasteiger partial charge in [0, 0.05) is 22.3 Å². The molecular formula is C13H18OS. The van der Waals surface area contributed by atoms with Crippen LogP contribution in [0.25, 0.3) is 0 Å². The molecule has 0 bridgehead atoms. The summed E-state index contributed by atoms with van der Waals surface area (Å²) in [6.45, 7) is 6.14. The van der Waals surface area contributed by atoms with Crippen LogP contribution in [0.5, 0.6) is 0 Å². The molecule has 0 heterocycles. The van der Waals surface area contributed by atoms with E-state index in [1.165, 1.54) is 16.7 Å². The molecule has 0 radical (unpaired) electrons. The third-order valence-electron chi connectivity index (χ3n) is 2.42. The van der Waals surface area contributed by atoms with Gasteiger partial charge < -0.3 is 0 Å². The average Bonchev–Trinajstić information content (AvgIpc) is 2.20. The fourth-order valence-corrected chi connectivity index (χ4v) is 2.42. The van der Waals surface area contributed by atoms with Crippen LogP contribution in [0.1, 0.15) is 23.6 Å². The zero-order valence-corrected chi connectivity index (χ0v) is 10.4. The first-order chi connectivity index (χ1) is 7.13. The first kappa shape index (κ1) is 12.2. The second-order valence-electron chi connectivity index (χ2n) is 3.74. The van der Waals surface area contributed by atoms with Crippen LogP contribution >= 0.6 is 0 Å². The Bertz CT molecular complexity index is 380. The van der Waals surface area contributed by atoms with E-state index in [1.807, 2.05) is 19.1 Å². The second kappa shape index (κ2) is 5.86. The zero-order valence-electron chi connectivity index (χ0n) is 9.62. The van der Waals surface area contributed by atoms with Crippen LogP contribution in [0.2, 0.25) is 0 Å². The van der Waals surface area contributed by atoms with E-state index < -0.39 is 10.8 Å². The zero-order chi connectivity index (χ0) is 11.3. The maximum Gasteiger partial charge on any atom is 0.0488 e. The summed E-state index contributed by atoms with van der Waals surface area (Å²) >= 11 is 0. The van der Waals surface area contributed by atoms with Crippen molar-refractivity contribution >= 4 is 10.8 Å². The molecule has 2 heteroatoms. The van der Waals surface area contributed by atoms with Gasteiger partial charge in [0.2, 0.25) is 0 Å². The van der Waals surface area contributed by atoms with Crippen LogP contribution in [0.3, 0.4) is 0 Å². The molecule has 0 amide bonds. The first-order valence-electron chi connectivity index (χ1n) is 5.15. The lowest BCUT2D eigenvalue weighted by atomic mass is 10.1. The molecule has 1 rings (SSSR count). The Hall–Kier alpha value is -0.890. The van der Waals surface area contributed by atoms with Gasteiger partial charge >= 0.3 is 0 Å². The second-order valence-corrected chi connectivity index (χ2v) is 5.24. The first-order valence-corrected chi connectivity index (χ1v) is 6.64. The van der Waals surface area contributed by atoms with Gasteiger partial charge in [0.15, 0.2) is 0 Å². The Labute approximate surface area is 94.7 Å². The Balaban J connectivity index is 2.65. The van der Waals surface area contributed by atoms with Crippen LogP contribution in [0.15, 0.2) is 30.4 Å². The summed E-state index contributed by atoms with van der Waals surface area (Å²) in [6, 6.07) is 6.29. The summed E-state index contributed by atoms with van der Waals surface area (Å²) in [5, 5.41) is 0. The number of benzene rings is 1. The van der Waals surface area contributed by atoms with Gasteiger partial charge in [0.25, 0.3) is 0 Å². The smallest absolute Gasteiger partial charge is 0.0488 e. The van der Waals surface area contributed by atoms with Gasteiger partial charge in [0.1, 0.15) is 0 Å². The Morgan fingerprint density at radius 2 is 2.00 bits per heavy atom. The topological polar surface area (TPSA) is 17.1 Å². The monoisotopic (exact) mass is 222 g/mol. The summed E-state index contributed by atoms with van der Waals surface area (Å²) in [7, 11) is -0.773. The van der Waals surface area contributed by atoms with E-state index in [-0.39, 0.29) is 0 Å². The van der Waals surface area contributed by atoms with Crippen LogP contribution < -0.4 is 0 Å². The van der Waals surface area contributed by atoms with Gasteiger partial charge in [-0.25, -0.2) is 0 Å². The van der Waals surface area contributed by atoms with Gasteiger partial charge in [-0.2, -0.15) is 0 Å². The molecule has 1 aromatic rings. The van der Waals surface area contributed by atoms with E-state index in [1.54, 1.807) is 0 Å². The van der Waals surface area contributed by atoms with Gasteiger partial charge in [-0.1, -0.05) is 30.4 Å². The summed E-state index contributed by atoms with van der Waals surface area (Å²) in [6.07, 6.45) is 3.90. The SMILES string of the molecule is C/C=C/C[S@@](=O)Cc1ccc(C)c(C)c1. The average molecular weight is 222 g/mol. The Morgan fingerprint density at radius 3 is 2.60 bits per heavy atom. The molecule has 0 aromatic heterocycles. The number of allylic oxidation sites excluding steroid dienone is 1. The van der Waals surface area contributed by atoms with E-state index in [0.29, 0.717) is 11.5 Å². The lowest BCUT2D eigenvalue weighted by Gasteiger charge is -2.04. The van der Waals surface area contributed by atoms with E-state index in [2.05, 4.69) is 32.0 Å². The molecule has 0 aliphatic rings. The summed E-state index contributed by atoms with van der Waals surface area (Å²) < 4.78 is 11.6. The predicted molar refractivity (Wildman–Crippen MR) is 67.4 cm³/mol. The standard InChI is InChI=1S/C13H18OS/c1-4-5-8-15(14)10-13-7-6-11(2)12(3)9-13/h4-7,9H,8,10H2,1-3H3/b5-4+/t15-/m1/s1. The van der Waals surface area contributed by atoms with E-state index in [0.717, 1.165) is 0 Å². The van der Waals surface area contributed by atoms with Crippen molar-refractivity contribution in [1.82, 2.24) is 0 Å². The van der Waals surface area contributed by atoms with E-state index >= 15 is 0 Å². The van der Waals surface area contributed by atoms with E-state index in [4.69, 9.17) is 0 Å². The fraction of sp³-hybridized carbons (Fsp3) is 0.385. The summed E-state index contributed by atoms with van der Waals surface area (Å²) in [5.41, 5.74) is 3.73. The van der Waals surface area contributed by atoms with Gasteiger partial charge in [0.05, 0.1) is 0 Å². The maximum absolute atomic E-state index is 11.6. The molecule has 0 saturated heterocycles. The molecule has 0 aliphatic carbocycles. The minimum Gasteiger partial charge on any atom is -0.259 e. The molecule has 1 nitrogen and oxygen atoms in total. The third-order valence-corrected chi connectivity index (χ3v) is 3.64. The highest BCUT2D eigenvalue weighted by Crippen LogP contribution is 2.11. The van der Waals surface area contributed by atoms with Crippen LogP contribution in [0.4, 0.5) is 0 Å². The molecule has 0 unspecified atom stereocenters.